The Morgan fingerprint density at radius 1 is 1.04 bits per heavy atom. The van der Waals surface area contributed by atoms with Crippen molar-refractivity contribution in [3.63, 3.8) is 0 Å². The summed E-state index contributed by atoms with van der Waals surface area (Å²) in [6.07, 6.45) is 6.41. The van der Waals surface area contributed by atoms with Crippen LogP contribution in [0.3, 0.4) is 0 Å². The molecular weight excluding hydrogens is 475 g/mol. The molecule has 0 unspecified atom stereocenters. The first-order valence-electron chi connectivity index (χ1n) is 7.69. The maximum atomic E-state index is 3.19. The van der Waals surface area contributed by atoms with Crippen LogP contribution in [0, 0.1) is 19.9 Å². The zero-order valence-corrected chi connectivity index (χ0v) is 21.5. The van der Waals surface area contributed by atoms with Gasteiger partial charge in [-0.25, -0.2) is 11.6 Å². The largest absolute Gasteiger partial charge is 1.00 e. The van der Waals surface area contributed by atoms with Gasteiger partial charge in [-0.2, -0.15) is 11.1 Å². The number of halogens is 2. The number of hydrogen-bond acceptors (Lipinski definition) is 0. The van der Waals surface area contributed by atoms with Gasteiger partial charge in [0.25, 0.3) is 0 Å². The molecule has 0 atom stereocenters. The van der Waals surface area contributed by atoms with Gasteiger partial charge in [0.1, 0.15) is 0 Å². The summed E-state index contributed by atoms with van der Waals surface area (Å²) in [5, 5.41) is 2.76. The summed E-state index contributed by atoms with van der Waals surface area (Å²) in [5.74, 6) is 4.75. The molecule has 0 radical (unpaired) electrons. The topological polar surface area (TPSA) is 0 Å². The van der Waals surface area contributed by atoms with Crippen LogP contribution in [0.1, 0.15) is 31.4 Å². The van der Waals surface area contributed by atoms with Gasteiger partial charge in [0.2, 0.25) is 0 Å². The standard InChI is InChI=1S/C11H11.C7H9.C2H6Ge.2ClH.Zr/c1-8-7-10-5-3-4-6-11(10)9(8)2;1-6-3-4-7(2)5-6;1-3-2;;;/h3-7H,1-2H3;5H,3H2,1-2H3;1-2H3;2*1H;/q2*-1;;;;+2/p-2. The Morgan fingerprint density at radius 2 is 1.58 bits per heavy atom. The summed E-state index contributed by atoms with van der Waals surface area (Å²) in [6.45, 7) is 8.55. The molecule has 2 aromatic rings. The van der Waals surface area contributed by atoms with Crippen molar-refractivity contribution in [2.75, 3.05) is 0 Å². The normalized spacial score (nSPS) is 11.7. The van der Waals surface area contributed by atoms with E-state index in [0.29, 0.717) is 0 Å². The predicted molar refractivity (Wildman–Crippen MR) is 97.3 cm³/mol. The number of rotatable bonds is 0. The summed E-state index contributed by atoms with van der Waals surface area (Å²) in [4.78, 5) is 0. The van der Waals surface area contributed by atoms with E-state index in [-0.39, 0.29) is 34.8 Å². The SMILES string of the molecule is CC1=[C-]CC(C)=C1.Cc1[cH-]c2ccccc2c1C.[CH3][Ge]([CH3])=[Zr+2].[Cl-].[Cl-]. The molecular formula is C20H26Cl2GeZr-2. The Labute approximate surface area is 176 Å². The number of allylic oxidation sites excluding steroid dienone is 4. The van der Waals surface area contributed by atoms with Gasteiger partial charge in [0.05, 0.1) is 0 Å². The zero-order chi connectivity index (χ0) is 16.7. The molecule has 0 aliphatic heterocycles. The molecule has 0 saturated heterocycles. The maximum Gasteiger partial charge on any atom is -1.00 e. The molecule has 130 valence electrons. The van der Waals surface area contributed by atoms with Gasteiger partial charge in [0, 0.05) is 0 Å². The van der Waals surface area contributed by atoms with Gasteiger partial charge in [-0.3, -0.25) is 6.08 Å². The summed E-state index contributed by atoms with van der Waals surface area (Å²) in [6, 6.07) is 10.8. The Hall–Kier alpha value is 0.316. The van der Waals surface area contributed by atoms with Crippen LogP contribution in [-0.2, 0) is 21.6 Å². The fraction of sp³-hybridized carbons (Fsp3) is 0.350. The third-order valence-electron chi connectivity index (χ3n) is 3.44. The molecule has 1 aliphatic rings. The third-order valence-corrected chi connectivity index (χ3v) is 3.44. The molecule has 0 amide bonds. The van der Waals surface area contributed by atoms with Crippen LogP contribution in [0.5, 0.6) is 0 Å². The van der Waals surface area contributed by atoms with Crippen molar-refractivity contribution in [3.05, 3.63) is 64.8 Å². The van der Waals surface area contributed by atoms with Crippen molar-refractivity contribution in [2.24, 2.45) is 0 Å². The Balaban J connectivity index is 0. The van der Waals surface area contributed by atoms with Crippen molar-refractivity contribution < 1.29 is 46.4 Å². The maximum absolute atomic E-state index is 3.19. The van der Waals surface area contributed by atoms with Crippen LogP contribution in [0.15, 0.2) is 47.6 Å². The molecule has 0 bridgehead atoms. The number of fused-ring (bicyclic) bond motifs is 1. The second kappa shape index (κ2) is 13.5. The first-order valence-corrected chi connectivity index (χ1v) is 19.3. The smallest absolute Gasteiger partial charge is 1.00 e. The van der Waals surface area contributed by atoms with Crippen molar-refractivity contribution in [2.45, 2.75) is 45.6 Å². The monoisotopic (exact) mass is 500 g/mol. The Kier molecular flexibility index (Phi) is 14.9. The first kappa shape index (κ1) is 26.5. The van der Waals surface area contributed by atoms with Crippen LogP contribution in [0.2, 0.25) is 11.5 Å². The van der Waals surface area contributed by atoms with E-state index >= 15 is 0 Å². The summed E-state index contributed by atoms with van der Waals surface area (Å²) in [7, 11) is -0.243. The van der Waals surface area contributed by atoms with E-state index in [1.165, 1.54) is 33.0 Å². The molecule has 3 rings (SSSR count). The van der Waals surface area contributed by atoms with Crippen LogP contribution in [0.4, 0.5) is 0 Å². The second-order valence-electron chi connectivity index (χ2n) is 6.07. The molecule has 1 aliphatic carbocycles. The van der Waals surface area contributed by atoms with Crippen LogP contribution < -0.4 is 24.8 Å². The minimum atomic E-state index is -0.243. The van der Waals surface area contributed by atoms with Gasteiger partial charge in [-0.05, 0) is 0 Å². The van der Waals surface area contributed by atoms with Gasteiger partial charge < -0.3 is 24.8 Å². The van der Waals surface area contributed by atoms with E-state index in [1.54, 1.807) is 21.6 Å². The van der Waals surface area contributed by atoms with Crippen LogP contribution in [-0.4, -0.2) is 9.98 Å². The van der Waals surface area contributed by atoms with E-state index in [1.807, 2.05) is 0 Å². The van der Waals surface area contributed by atoms with Gasteiger partial charge >= 0.3 is 43.1 Å². The van der Waals surface area contributed by atoms with E-state index in [0.717, 1.165) is 6.42 Å². The van der Waals surface area contributed by atoms with Gasteiger partial charge in [-0.1, -0.05) is 33.8 Å². The molecule has 2 aromatic carbocycles. The Morgan fingerprint density at radius 3 is 1.96 bits per heavy atom. The number of aryl methyl sites for hydroxylation is 2. The van der Waals surface area contributed by atoms with Crippen molar-refractivity contribution in [1.29, 1.82) is 0 Å². The fourth-order valence-electron chi connectivity index (χ4n) is 2.27. The number of hydrogen-bond donors (Lipinski definition) is 0. The van der Waals surface area contributed by atoms with E-state index < -0.39 is 0 Å². The molecule has 0 saturated carbocycles. The average molecular weight is 501 g/mol. The molecule has 0 nitrogen and oxygen atoms in total. The van der Waals surface area contributed by atoms with Gasteiger partial charge in [-0.15, -0.1) is 47.0 Å². The average Bonchev–Trinajstić information content (AvgIpc) is 2.94. The fourth-order valence-corrected chi connectivity index (χ4v) is 2.27. The molecule has 0 aromatic heterocycles. The predicted octanol–water partition coefficient (Wildman–Crippen LogP) is 0.0537. The molecule has 0 N–H and O–H groups in total. The molecule has 4 heteroatoms. The zero-order valence-electron chi connectivity index (χ0n) is 15.4. The Bertz CT molecular complexity index is 707. The third kappa shape index (κ3) is 9.71. The molecule has 24 heavy (non-hydrogen) atoms. The van der Waals surface area contributed by atoms with Crippen molar-refractivity contribution >= 4 is 20.7 Å². The summed E-state index contributed by atoms with van der Waals surface area (Å²) >= 11 is 1.80. The van der Waals surface area contributed by atoms with E-state index in [9.17, 15) is 0 Å². The van der Waals surface area contributed by atoms with Crippen molar-refractivity contribution in [3.8, 4) is 0 Å². The van der Waals surface area contributed by atoms with Crippen molar-refractivity contribution in [1.82, 2.24) is 0 Å². The quantitative estimate of drug-likeness (QED) is 0.354. The van der Waals surface area contributed by atoms with Gasteiger partial charge in [0.15, 0.2) is 0 Å². The van der Waals surface area contributed by atoms with Crippen LogP contribution >= 0.6 is 0 Å². The summed E-state index contributed by atoms with van der Waals surface area (Å²) in [5.41, 5.74) is 5.53. The molecule has 0 spiro atoms. The minimum Gasteiger partial charge on any atom is -1.00 e. The summed E-state index contributed by atoms with van der Waals surface area (Å²) < 4.78 is 0. The minimum absolute atomic E-state index is 0. The second-order valence-corrected chi connectivity index (χ2v) is 23.0. The van der Waals surface area contributed by atoms with Crippen LogP contribution in [0.25, 0.3) is 10.8 Å². The first-order chi connectivity index (χ1) is 10.3. The van der Waals surface area contributed by atoms with E-state index in [4.69, 9.17) is 0 Å². The number of benzene rings is 1. The molecule has 0 fully saturated rings. The van der Waals surface area contributed by atoms with E-state index in [2.05, 4.69) is 81.7 Å². The molecule has 0 heterocycles.